The summed E-state index contributed by atoms with van der Waals surface area (Å²) in [5, 5.41) is 3.36. The largest absolute Gasteiger partial charge is 0.370 e. The van der Waals surface area contributed by atoms with Crippen molar-refractivity contribution in [2.45, 2.75) is 33.0 Å². The van der Waals surface area contributed by atoms with Crippen LogP contribution in [0.15, 0.2) is 16.7 Å². The number of aromatic nitrogens is 1. The average Bonchev–Trinajstić information content (AvgIpc) is 2.77. The summed E-state index contributed by atoms with van der Waals surface area (Å²) in [6.45, 7) is 8.51. The highest BCUT2D eigenvalue weighted by atomic mass is 79.9. The van der Waals surface area contributed by atoms with Crippen LogP contribution in [0.3, 0.4) is 0 Å². The highest BCUT2D eigenvalue weighted by Gasteiger charge is 2.32. The van der Waals surface area contributed by atoms with Gasteiger partial charge in [0.15, 0.2) is 5.79 Å². The number of anilines is 1. The predicted molar refractivity (Wildman–Crippen MR) is 79.3 cm³/mol. The number of rotatable bonds is 5. The van der Waals surface area contributed by atoms with E-state index in [0.717, 1.165) is 23.3 Å². The summed E-state index contributed by atoms with van der Waals surface area (Å²) in [7, 11) is 0. The Morgan fingerprint density at radius 3 is 2.79 bits per heavy atom. The Hall–Kier alpha value is -0.650. The maximum Gasteiger partial charge on any atom is 0.166 e. The van der Waals surface area contributed by atoms with Gasteiger partial charge in [0.1, 0.15) is 5.82 Å². The van der Waals surface area contributed by atoms with Crippen molar-refractivity contribution < 1.29 is 9.47 Å². The van der Waals surface area contributed by atoms with Gasteiger partial charge >= 0.3 is 0 Å². The molecule has 2 heterocycles. The molecule has 0 bridgehead atoms. The SMILES string of the molecule is Cc1cc(NCC(C)CC2(C)OCCO2)ncc1Br. The van der Waals surface area contributed by atoms with Crippen LogP contribution in [0.25, 0.3) is 0 Å². The normalized spacial score (nSPS) is 19.4. The number of aryl methyl sites for hydroxylation is 1. The van der Waals surface area contributed by atoms with Crippen LogP contribution in [0.4, 0.5) is 5.82 Å². The number of hydrogen-bond donors (Lipinski definition) is 1. The van der Waals surface area contributed by atoms with E-state index in [9.17, 15) is 0 Å². The van der Waals surface area contributed by atoms with Gasteiger partial charge < -0.3 is 14.8 Å². The van der Waals surface area contributed by atoms with E-state index >= 15 is 0 Å². The summed E-state index contributed by atoms with van der Waals surface area (Å²) in [5.41, 5.74) is 1.18. The first kappa shape index (κ1) is 14.8. The van der Waals surface area contributed by atoms with Crippen molar-refractivity contribution in [3.8, 4) is 0 Å². The fraction of sp³-hybridized carbons (Fsp3) is 0.643. The molecular formula is C14H21BrN2O2. The molecule has 2 rings (SSSR count). The number of hydrogen-bond acceptors (Lipinski definition) is 4. The average molecular weight is 329 g/mol. The summed E-state index contributed by atoms with van der Waals surface area (Å²) >= 11 is 3.45. The molecule has 1 N–H and O–H groups in total. The summed E-state index contributed by atoms with van der Waals surface area (Å²) in [6.07, 6.45) is 2.71. The number of nitrogens with one attached hydrogen (secondary N) is 1. The van der Waals surface area contributed by atoms with E-state index in [-0.39, 0.29) is 0 Å². The number of pyridine rings is 1. The molecule has 4 nitrogen and oxygen atoms in total. The lowest BCUT2D eigenvalue weighted by atomic mass is 10.0. The van der Waals surface area contributed by atoms with Gasteiger partial charge in [0.05, 0.1) is 13.2 Å². The van der Waals surface area contributed by atoms with Crippen LogP contribution < -0.4 is 5.32 Å². The topological polar surface area (TPSA) is 43.4 Å². The van der Waals surface area contributed by atoms with Crippen LogP contribution in [-0.2, 0) is 9.47 Å². The van der Waals surface area contributed by atoms with Crippen molar-refractivity contribution in [2.24, 2.45) is 5.92 Å². The Bertz CT molecular complexity index is 433. The number of ether oxygens (including phenoxy) is 2. The smallest absolute Gasteiger partial charge is 0.166 e. The van der Waals surface area contributed by atoms with Crippen molar-refractivity contribution in [1.82, 2.24) is 4.98 Å². The Morgan fingerprint density at radius 1 is 1.47 bits per heavy atom. The number of halogens is 1. The highest BCUT2D eigenvalue weighted by Crippen LogP contribution is 2.26. The minimum Gasteiger partial charge on any atom is -0.370 e. The molecule has 0 amide bonds. The van der Waals surface area contributed by atoms with Crippen molar-refractivity contribution >= 4 is 21.7 Å². The van der Waals surface area contributed by atoms with E-state index in [4.69, 9.17) is 9.47 Å². The standard InChI is InChI=1S/C14H21BrN2O2/c1-10(7-14(3)18-4-5-19-14)8-16-13-6-11(2)12(15)9-17-13/h6,9-10H,4-5,7-8H2,1-3H3,(H,16,17). The minimum absolute atomic E-state index is 0.413. The van der Waals surface area contributed by atoms with Gasteiger partial charge in [-0.2, -0.15) is 0 Å². The summed E-state index contributed by atoms with van der Waals surface area (Å²) in [4.78, 5) is 4.34. The molecule has 1 saturated heterocycles. The molecule has 0 aromatic carbocycles. The first-order chi connectivity index (χ1) is 8.98. The monoisotopic (exact) mass is 328 g/mol. The summed E-state index contributed by atoms with van der Waals surface area (Å²) < 4.78 is 12.3. The van der Waals surface area contributed by atoms with E-state index in [1.807, 2.05) is 19.2 Å². The molecule has 0 saturated carbocycles. The fourth-order valence-corrected chi connectivity index (χ4v) is 2.51. The molecule has 0 radical (unpaired) electrons. The van der Waals surface area contributed by atoms with Gasteiger partial charge in [0.2, 0.25) is 0 Å². The van der Waals surface area contributed by atoms with Crippen LogP contribution in [0, 0.1) is 12.8 Å². The van der Waals surface area contributed by atoms with Crippen LogP contribution >= 0.6 is 15.9 Å². The zero-order chi connectivity index (χ0) is 13.9. The zero-order valence-corrected chi connectivity index (χ0v) is 13.3. The van der Waals surface area contributed by atoms with Crippen molar-refractivity contribution in [3.05, 3.63) is 22.3 Å². The maximum atomic E-state index is 5.63. The molecular weight excluding hydrogens is 308 g/mol. The zero-order valence-electron chi connectivity index (χ0n) is 11.7. The lowest BCUT2D eigenvalue weighted by Gasteiger charge is -2.26. The van der Waals surface area contributed by atoms with Crippen molar-refractivity contribution in [1.29, 1.82) is 0 Å². The van der Waals surface area contributed by atoms with Crippen molar-refractivity contribution in [3.63, 3.8) is 0 Å². The first-order valence-corrected chi connectivity index (χ1v) is 7.42. The Labute approximate surface area is 123 Å². The van der Waals surface area contributed by atoms with Crippen LogP contribution in [0.1, 0.15) is 25.8 Å². The van der Waals surface area contributed by atoms with E-state index in [1.165, 1.54) is 5.56 Å². The minimum atomic E-state index is -0.413. The molecule has 1 aromatic rings. The Kier molecular flexibility index (Phi) is 4.81. The molecule has 1 unspecified atom stereocenters. The predicted octanol–water partition coefficient (Wildman–Crippen LogP) is 3.35. The molecule has 0 aliphatic carbocycles. The van der Waals surface area contributed by atoms with Gasteiger partial charge in [-0.25, -0.2) is 4.98 Å². The second-order valence-corrected chi connectivity index (χ2v) is 6.19. The van der Waals surface area contributed by atoms with Crippen LogP contribution in [0.5, 0.6) is 0 Å². The van der Waals surface area contributed by atoms with E-state index in [2.05, 4.69) is 40.1 Å². The van der Waals surface area contributed by atoms with E-state index < -0.39 is 5.79 Å². The lowest BCUT2D eigenvalue weighted by molar-refractivity contribution is -0.153. The third-order valence-corrected chi connectivity index (χ3v) is 4.13. The first-order valence-electron chi connectivity index (χ1n) is 6.62. The van der Waals surface area contributed by atoms with Crippen LogP contribution in [-0.4, -0.2) is 30.5 Å². The molecule has 1 atom stereocenters. The molecule has 106 valence electrons. The number of nitrogens with zero attached hydrogens (tertiary/aromatic N) is 1. The third kappa shape index (κ3) is 4.16. The van der Waals surface area contributed by atoms with Gasteiger partial charge in [-0.05, 0) is 47.3 Å². The van der Waals surface area contributed by atoms with E-state index in [1.54, 1.807) is 0 Å². The molecule has 5 heteroatoms. The molecule has 1 aliphatic rings. The third-order valence-electron chi connectivity index (χ3n) is 3.30. The van der Waals surface area contributed by atoms with Gasteiger partial charge in [-0.15, -0.1) is 0 Å². The molecule has 1 aromatic heterocycles. The molecule has 1 fully saturated rings. The second kappa shape index (κ2) is 6.20. The lowest BCUT2D eigenvalue weighted by Crippen LogP contribution is -2.30. The Morgan fingerprint density at radius 2 is 2.16 bits per heavy atom. The summed E-state index contributed by atoms with van der Waals surface area (Å²) in [6, 6.07) is 2.04. The Balaban J connectivity index is 1.82. The van der Waals surface area contributed by atoms with Crippen molar-refractivity contribution in [2.75, 3.05) is 25.1 Å². The van der Waals surface area contributed by atoms with Gasteiger partial charge in [0.25, 0.3) is 0 Å². The molecule has 0 spiro atoms. The summed E-state index contributed by atoms with van der Waals surface area (Å²) in [5.74, 6) is 0.948. The van der Waals surface area contributed by atoms with E-state index in [0.29, 0.717) is 19.1 Å². The molecule has 19 heavy (non-hydrogen) atoms. The fourth-order valence-electron chi connectivity index (χ4n) is 2.29. The molecule has 1 aliphatic heterocycles. The van der Waals surface area contributed by atoms with Gasteiger partial charge in [-0.3, -0.25) is 0 Å². The van der Waals surface area contributed by atoms with Gasteiger partial charge in [0, 0.05) is 23.6 Å². The maximum absolute atomic E-state index is 5.63. The second-order valence-electron chi connectivity index (χ2n) is 5.34. The quantitative estimate of drug-likeness (QED) is 0.900. The van der Waals surface area contributed by atoms with Gasteiger partial charge in [-0.1, -0.05) is 6.92 Å². The van der Waals surface area contributed by atoms with Crippen LogP contribution in [0.2, 0.25) is 0 Å². The highest BCUT2D eigenvalue weighted by molar-refractivity contribution is 9.10.